The number of aromatic nitrogens is 2. The Bertz CT molecular complexity index is 1200. The summed E-state index contributed by atoms with van der Waals surface area (Å²) in [6.45, 7) is 0.850. The van der Waals surface area contributed by atoms with Gasteiger partial charge in [-0.25, -0.2) is 4.98 Å². The van der Waals surface area contributed by atoms with Crippen molar-refractivity contribution >= 4 is 23.2 Å². The van der Waals surface area contributed by atoms with Gasteiger partial charge in [0.25, 0.3) is 5.91 Å². The van der Waals surface area contributed by atoms with Gasteiger partial charge in [0.15, 0.2) is 0 Å². The highest BCUT2D eigenvalue weighted by Gasteiger charge is 2.42. The first-order chi connectivity index (χ1) is 17.3. The number of amides is 2. The van der Waals surface area contributed by atoms with Gasteiger partial charge in [-0.3, -0.25) is 14.6 Å². The van der Waals surface area contributed by atoms with E-state index in [1.54, 1.807) is 24.3 Å². The molecule has 0 saturated carbocycles. The van der Waals surface area contributed by atoms with Crippen molar-refractivity contribution in [2.24, 2.45) is 5.41 Å². The van der Waals surface area contributed by atoms with Crippen LogP contribution in [0.25, 0.3) is 0 Å². The van der Waals surface area contributed by atoms with Gasteiger partial charge in [0.05, 0.1) is 29.5 Å². The van der Waals surface area contributed by atoms with Gasteiger partial charge < -0.3 is 20.7 Å². The molecule has 11 heteroatoms. The van der Waals surface area contributed by atoms with Crippen molar-refractivity contribution in [2.75, 3.05) is 25.1 Å². The zero-order valence-corrected chi connectivity index (χ0v) is 19.1. The van der Waals surface area contributed by atoms with Gasteiger partial charge in [0.2, 0.25) is 5.91 Å². The third-order valence-corrected chi connectivity index (χ3v) is 5.89. The van der Waals surface area contributed by atoms with E-state index < -0.39 is 23.1 Å². The van der Waals surface area contributed by atoms with E-state index in [2.05, 4.69) is 25.9 Å². The Labute approximate surface area is 205 Å². The molecule has 8 nitrogen and oxygen atoms in total. The summed E-state index contributed by atoms with van der Waals surface area (Å²) in [6.07, 6.45) is 0.183. The molecule has 3 N–H and O–H groups in total. The van der Waals surface area contributed by atoms with Crippen molar-refractivity contribution in [3.8, 4) is 0 Å². The molecule has 0 aliphatic carbocycles. The number of nitrogens with zero attached hydrogens (tertiary/aromatic N) is 2. The normalized spacial score (nSPS) is 17.4. The first-order valence-electron chi connectivity index (χ1n) is 11.2. The number of benzene rings is 2. The van der Waals surface area contributed by atoms with Crippen molar-refractivity contribution in [3.63, 3.8) is 0 Å². The first-order valence-corrected chi connectivity index (χ1v) is 11.2. The minimum absolute atomic E-state index is 0.0437. The minimum Gasteiger partial charge on any atom is -0.380 e. The molecule has 1 aliphatic rings. The fourth-order valence-electron chi connectivity index (χ4n) is 3.83. The zero-order valence-electron chi connectivity index (χ0n) is 19.1. The van der Waals surface area contributed by atoms with Gasteiger partial charge in [-0.15, -0.1) is 0 Å². The molecule has 0 unspecified atom stereocenters. The lowest BCUT2D eigenvalue weighted by atomic mass is 9.86. The van der Waals surface area contributed by atoms with Gasteiger partial charge in [-0.2, -0.15) is 13.2 Å². The van der Waals surface area contributed by atoms with Crippen molar-refractivity contribution in [2.45, 2.75) is 19.1 Å². The standard InChI is InChI=1S/C25H24F3N5O3/c26-25(27,28)19-3-1-2-4-20(19)33-18-7-5-17(6-8-18)13-31-23(35)24(9-12-36-16-24)15-32-22(34)21-14-29-10-11-30-21/h1-8,10-11,14,33H,9,12-13,15-16H2,(H,31,35)(H,32,34)/t24-/m0/s1. The van der Waals surface area contributed by atoms with E-state index in [1.807, 2.05) is 0 Å². The first kappa shape index (κ1) is 25.1. The average molecular weight is 499 g/mol. The summed E-state index contributed by atoms with van der Waals surface area (Å²) in [6, 6.07) is 12.0. The number of hydrogen-bond donors (Lipinski definition) is 3. The van der Waals surface area contributed by atoms with Crippen LogP contribution in [0.4, 0.5) is 24.5 Å². The molecule has 0 bridgehead atoms. The van der Waals surface area contributed by atoms with E-state index in [9.17, 15) is 22.8 Å². The molecule has 188 valence electrons. The lowest BCUT2D eigenvalue weighted by Gasteiger charge is -2.26. The summed E-state index contributed by atoms with van der Waals surface area (Å²) in [5, 5.41) is 8.40. The number of alkyl halides is 3. The molecule has 1 fully saturated rings. The predicted molar refractivity (Wildman–Crippen MR) is 125 cm³/mol. The molecule has 0 radical (unpaired) electrons. The second-order valence-corrected chi connectivity index (χ2v) is 8.40. The largest absolute Gasteiger partial charge is 0.418 e. The molecular weight excluding hydrogens is 475 g/mol. The van der Waals surface area contributed by atoms with E-state index in [4.69, 9.17) is 4.74 Å². The maximum absolute atomic E-state index is 13.2. The molecule has 0 spiro atoms. The number of hydrogen-bond acceptors (Lipinski definition) is 6. The van der Waals surface area contributed by atoms with Gasteiger partial charge in [0, 0.05) is 37.8 Å². The predicted octanol–water partition coefficient (Wildman–Crippen LogP) is 3.69. The molecule has 1 saturated heterocycles. The van der Waals surface area contributed by atoms with Gasteiger partial charge >= 0.3 is 6.18 Å². The molecule has 2 amide bonds. The average Bonchev–Trinajstić information content (AvgIpc) is 3.37. The summed E-state index contributed by atoms with van der Waals surface area (Å²) in [4.78, 5) is 33.2. The van der Waals surface area contributed by atoms with Crippen LogP contribution in [0.1, 0.15) is 28.0 Å². The van der Waals surface area contributed by atoms with Crippen molar-refractivity contribution in [3.05, 3.63) is 83.9 Å². The SMILES string of the molecule is O=C(NC[C@@]1(C(=O)NCc2ccc(Nc3ccccc3C(F)(F)F)cc2)CCOC1)c1cnccn1. The Hall–Kier alpha value is -3.99. The van der Waals surface area contributed by atoms with Crippen molar-refractivity contribution in [1.29, 1.82) is 0 Å². The highest BCUT2D eigenvalue weighted by atomic mass is 19.4. The van der Waals surface area contributed by atoms with Crippen LogP contribution in [0.2, 0.25) is 0 Å². The third kappa shape index (κ3) is 5.98. The maximum Gasteiger partial charge on any atom is 0.418 e. The highest BCUT2D eigenvalue weighted by Crippen LogP contribution is 2.36. The summed E-state index contributed by atoms with van der Waals surface area (Å²) >= 11 is 0. The van der Waals surface area contributed by atoms with Gasteiger partial charge in [-0.05, 0) is 36.2 Å². The van der Waals surface area contributed by atoms with E-state index in [0.717, 1.165) is 11.6 Å². The molecule has 2 aromatic carbocycles. The third-order valence-electron chi connectivity index (χ3n) is 5.89. The molecule has 1 aromatic heterocycles. The van der Waals surface area contributed by atoms with Crippen molar-refractivity contribution < 1.29 is 27.5 Å². The van der Waals surface area contributed by atoms with Crippen LogP contribution >= 0.6 is 0 Å². The zero-order chi connectivity index (χ0) is 25.6. The van der Waals surface area contributed by atoms with E-state index in [-0.39, 0.29) is 37.0 Å². The molecule has 1 atom stereocenters. The van der Waals surface area contributed by atoms with E-state index in [1.165, 1.54) is 36.8 Å². The van der Waals surface area contributed by atoms with Crippen LogP contribution in [-0.2, 0) is 22.3 Å². The number of nitrogens with one attached hydrogen (secondary N) is 3. The molecular formula is C25H24F3N5O3. The van der Waals surface area contributed by atoms with Crippen LogP contribution in [-0.4, -0.2) is 41.5 Å². The fraction of sp³-hybridized carbons (Fsp3) is 0.280. The maximum atomic E-state index is 13.2. The number of para-hydroxylation sites is 1. The lowest BCUT2D eigenvalue weighted by molar-refractivity contribution is -0.137. The Kier molecular flexibility index (Phi) is 7.49. The molecule has 2 heterocycles. The Morgan fingerprint density at radius 1 is 1.03 bits per heavy atom. The number of anilines is 2. The quantitative estimate of drug-likeness (QED) is 0.437. The number of carbonyl (C=O) groups excluding carboxylic acids is 2. The van der Waals surface area contributed by atoms with Crippen LogP contribution in [0.3, 0.4) is 0 Å². The Balaban J connectivity index is 1.35. The second kappa shape index (κ2) is 10.7. The van der Waals surface area contributed by atoms with Crippen LogP contribution in [0.5, 0.6) is 0 Å². The topological polar surface area (TPSA) is 105 Å². The number of rotatable bonds is 8. The highest BCUT2D eigenvalue weighted by molar-refractivity contribution is 5.92. The van der Waals surface area contributed by atoms with Crippen LogP contribution in [0.15, 0.2) is 67.1 Å². The summed E-state index contributed by atoms with van der Waals surface area (Å²) in [5.41, 5.74) is -0.321. The summed E-state index contributed by atoms with van der Waals surface area (Å²) in [5.74, 6) is -0.696. The Morgan fingerprint density at radius 2 is 1.81 bits per heavy atom. The molecule has 1 aliphatic heterocycles. The number of ether oxygens (including phenoxy) is 1. The molecule has 3 aromatic rings. The van der Waals surface area contributed by atoms with E-state index in [0.29, 0.717) is 18.7 Å². The van der Waals surface area contributed by atoms with Crippen LogP contribution in [0, 0.1) is 5.41 Å². The molecule has 36 heavy (non-hydrogen) atoms. The fourth-order valence-corrected chi connectivity index (χ4v) is 3.83. The lowest BCUT2D eigenvalue weighted by Crippen LogP contribution is -2.49. The van der Waals surface area contributed by atoms with Crippen molar-refractivity contribution in [1.82, 2.24) is 20.6 Å². The Morgan fingerprint density at radius 3 is 2.47 bits per heavy atom. The molecule has 4 rings (SSSR count). The summed E-state index contributed by atoms with van der Waals surface area (Å²) < 4.78 is 45.1. The second-order valence-electron chi connectivity index (χ2n) is 8.40. The number of halogens is 3. The minimum atomic E-state index is -4.47. The smallest absolute Gasteiger partial charge is 0.380 e. The van der Waals surface area contributed by atoms with E-state index >= 15 is 0 Å². The monoisotopic (exact) mass is 499 g/mol. The number of carbonyl (C=O) groups is 2. The van der Waals surface area contributed by atoms with Gasteiger partial charge in [-0.1, -0.05) is 24.3 Å². The van der Waals surface area contributed by atoms with Gasteiger partial charge in [0.1, 0.15) is 5.69 Å². The summed E-state index contributed by atoms with van der Waals surface area (Å²) in [7, 11) is 0. The van der Waals surface area contributed by atoms with Crippen LogP contribution < -0.4 is 16.0 Å².